The Labute approximate surface area is 107 Å². The molecule has 1 saturated heterocycles. The van der Waals surface area contributed by atoms with Gasteiger partial charge in [-0.25, -0.2) is 0 Å². The summed E-state index contributed by atoms with van der Waals surface area (Å²) >= 11 is 0. The predicted molar refractivity (Wildman–Crippen MR) is 72.0 cm³/mol. The second kappa shape index (κ2) is 4.55. The van der Waals surface area contributed by atoms with Crippen molar-refractivity contribution in [2.45, 2.75) is 86.2 Å². The number of hydrogen-bond donors (Lipinski definition) is 0. The molecule has 0 amide bonds. The molecule has 0 aliphatic carbocycles. The largest absolute Gasteiger partial charge is 0.345 e. The van der Waals surface area contributed by atoms with E-state index in [0.717, 1.165) is 12.8 Å². The minimum Gasteiger partial charge on any atom is -0.345 e. The van der Waals surface area contributed by atoms with Gasteiger partial charge in [-0.15, -0.1) is 0 Å². The van der Waals surface area contributed by atoms with E-state index in [1.54, 1.807) is 0 Å². The zero-order chi connectivity index (χ0) is 13.5. The molecular formula is C15H30O2. The molecule has 0 spiro atoms. The molecule has 0 aromatic carbocycles. The second-order valence-electron chi connectivity index (χ2n) is 8.24. The Morgan fingerprint density at radius 2 is 1.06 bits per heavy atom. The van der Waals surface area contributed by atoms with Gasteiger partial charge < -0.3 is 9.47 Å². The maximum Gasteiger partial charge on any atom is 0.163 e. The van der Waals surface area contributed by atoms with Gasteiger partial charge >= 0.3 is 0 Å². The molecule has 0 bridgehead atoms. The summed E-state index contributed by atoms with van der Waals surface area (Å²) in [6, 6.07) is 0. The van der Waals surface area contributed by atoms with Gasteiger partial charge in [0.1, 0.15) is 0 Å². The molecule has 0 radical (unpaired) electrons. The average Bonchev–Trinajstić information content (AvgIpc) is 2.17. The maximum absolute atomic E-state index is 6.06. The predicted octanol–water partition coefficient (Wildman–Crippen LogP) is 4.38. The van der Waals surface area contributed by atoms with Crippen molar-refractivity contribution in [3.63, 3.8) is 0 Å². The summed E-state index contributed by atoms with van der Waals surface area (Å²) in [4.78, 5) is 0. The molecule has 102 valence electrons. The van der Waals surface area contributed by atoms with Crippen LogP contribution in [0.25, 0.3) is 0 Å². The van der Waals surface area contributed by atoms with Crippen LogP contribution in [0.4, 0.5) is 0 Å². The Bertz CT molecular complexity index is 229. The first-order chi connectivity index (χ1) is 7.38. The molecule has 0 N–H and O–H groups in total. The lowest BCUT2D eigenvalue weighted by atomic mass is 9.82. The Hall–Kier alpha value is -0.0800. The van der Waals surface area contributed by atoms with Crippen LogP contribution in [-0.4, -0.2) is 18.0 Å². The third-order valence-electron chi connectivity index (χ3n) is 2.91. The van der Waals surface area contributed by atoms with Gasteiger partial charge in [0, 0.05) is 0 Å². The van der Waals surface area contributed by atoms with Crippen LogP contribution in [0.3, 0.4) is 0 Å². The zero-order valence-corrected chi connectivity index (χ0v) is 12.9. The Morgan fingerprint density at radius 3 is 1.29 bits per heavy atom. The SMILES string of the molecule is CC(C)(C)CC1OC(C)(C)OC1CC(C)(C)C. The Balaban J connectivity index is 2.72. The topological polar surface area (TPSA) is 18.5 Å². The van der Waals surface area contributed by atoms with Crippen molar-refractivity contribution >= 4 is 0 Å². The molecule has 0 aromatic rings. The molecule has 1 aliphatic rings. The van der Waals surface area contributed by atoms with Crippen LogP contribution in [0.1, 0.15) is 68.2 Å². The van der Waals surface area contributed by atoms with E-state index in [4.69, 9.17) is 9.47 Å². The third kappa shape index (κ3) is 5.39. The van der Waals surface area contributed by atoms with E-state index < -0.39 is 5.79 Å². The molecule has 17 heavy (non-hydrogen) atoms. The van der Waals surface area contributed by atoms with E-state index in [2.05, 4.69) is 41.5 Å². The van der Waals surface area contributed by atoms with Gasteiger partial charge in [-0.3, -0.25) is 0 Å². The molecule has 2 unspecified atom stereocenters. The van der Waals surface area contributed by atoms with Gasteiger partial charge in [0.15, 0.2) is 5.79 Å². The number of ether oxygens (including phenoxy) is 2. The van der Waals surface area contributed by atoms with Gasteiger partial charge in [-0.2, -0.15) is 0 Å². The normalized spacial score (nSPS) is 29.6. The zero-order valence-electron chi connectivity index (χ0n) is 12.9. The molecule has 2 heteroatoms. The van der Waals surface area contributed by atoms with Crippen molar-refractivity contribution in [2.24, 2.45) is 10.8 Å². The summed E-state index contributed by atoms with van der Waals surface area (Å²) in [5.74, 6) is -0.425. The summed E-state index contributed by atoms with van der Waals surface area (Å²) in [7, 11) is 0. The van der Waals surface area contributed by atoms with Crippen molar-refractivity contribution in [1.82, 2.24) is 0 Å². The van der Waals surface area contributed by atoms with Gasteiger partial charge in [-0.05, 0) is 37.5 Å². The number of hydrogen-bond acceptors (Lipinski definition) is 2. The molecule has 1 aliphatic heterocycles. The molecule has 1 rings (SSSR count). The van der Waals surface area contributed by atoms with Gasteiger partial charge in [-0.1, -0.05) is 41.5 Å². The highest BCUT2D eigenvalue weighted by molar-refractivity contribution is 4.87. The number of rotatable bonds is 2. The maximum atomic E-state index is 6.06. The smallest absolute Gasteiger partial charge is 0.163 e. The van der Waals surface area contributed by atoms with Crippen molar-refractivity contribution in [3.8, 4) is 0 Å². The highest BCUT2D eigenvalue weighted by atomic mass is 16.7. The van der Waals surface area contributed by atoms with Crippen LogP contribution < -0.4 is 0 Å². The van der Waals surface area contributed by atoms with E-state index in [9.17, 15) is 0 Å². The monoisotopic (exact) mass is 242 g/mol. The van der Waals surface area contributed by atoms with E-state index in [1.807, 2.05) is 13.8 Å². The summed E-state index contributed by atoms with van der Waals surface area (Å²) in [5.41, 5.74) is 0.565. The summed E-state index contributed by atoms with van der Waals surface area (Å²) in [6.07, 6.45) is 2.56. The molecule has 2 atom stereocenters. The van der Waals surface area contributed by atoms with Crippen LogP contribution in [0, 0.1) is 10.8 Å². The van der Waals surface area contributed by atoms with E-state index in [0.29, 0.717) is 0 Å². The minimum atomic E-state index is -0.425. The summed E-state index contributed by atoms with van der Waals surface area (Å²) < 4.78 is 12.1. The van der Waals surface area contributed by atoms with Crippen molar-refractivity contribution in [3.05, 3.63) is 0 Å². The quantitative estimate of drug-likeness (QED) is 0.715. The fourth-order valence-corrected chi connectivity index (χ4v) is 2.46. The van der Waals surface area contributed by atoms with E-state index in [-0.39, 0.29) is 23.0 Å². The van der Waals surface area contributed by atoms with E-state index >= 15 is 0 Å². The molecule has 2 nitrogen and oxygen atoms in total. The van der Waals surface area contributed by atoms with Crippen molar-refractivity contribution < 1.29 is 9.47 Å². The Kier molecular flexibility index (Phi) is 4.01. The van der Waals surface area contributed by atoms with Gasteiger partial charge in [0.05, 0.1) is 12.2 Å². The highest BCUT2D eigenvalue weighted by Crippen LogP contribution is 2.39. The lowest BCUT2D eigenvalue weighted by Gasteiger charge is -2.29. The average molecular weight is 242 g/mol. The minimum absolute atomic E-state index is 0.226. The lowest BCUT2D eigenvalue weighted by molar-refractivity contribution is -0.150. The summed E-state index contributed by atoms with van der Waals surface area (Å²) in [6.45, 7) is 17.6. The third-order valence-corrected chi connectivity index (χ3v) is 2.91. The fraction of sp³-hybridized carbons (Fsp3) is 1.00. The van der Waals surface area contributed by atoms with Crippen LogP contribution in [-0.2, 0) is 9.47 Å². The van der Waals surface area contributed by atoms with E-state index in [1.165, 1.54) is 0 Å². The molecular weight excluding hydrogens is 212 g/mol. The first-order valence-corrected chi connectivity index (χ1v) is 6.74. The van der Waals surface area contributed by atoms with Gasteiger partial charge in [0.25, 0.3) is 0 Å². The van der Waals surface area contributed by atoms with Crippen LogP contribution >= 0.6 is 0 Å². The molecule has 0 saturated carbocycles. The lowest BCUT2D eigenvalue weighted by Crippen LogP contribution is -2.31. The molecule has 0 aromatic heterocycles. The summed E-state index contributed by atoms with van der Waals surface area (Å²) in [5, 5.41) is 0. The fourth-order valence-electron chi connectivity index (χ4n) is 2.46. The van der Waals surface area contributed by atoms with Crippen LogP contribution in [0.2, 0.25) is 0 Å². The highest BCUT2D eigenvalue weighted by Gasteiger charge is 2.43. The molecule has 1 fully saturated rings. The standard InChI is InChI=1S/C15H30O2/c1-13(2,3)9-11-12(10-14(4,5)6)17-15(7,8)16-11/h11-12H,9-10H2,1-8H3. The van der Waals surface area contributed by atoms with Gasteiger partial charge in [0.2, 0.25) is 0 Å². The van der Waals surface area contributed by atoms with Crippen molar-refractivity contribution in [1.29, 1.82) is 0 Å². The Morgan fingerprint density at radius 1 is 0.765 bits per heavy atom. The van der Waals surface area contributed by atoms with Crippen LogP contribution in [0.15, 0.2) is 0 Å². The molecule has 1 heterocycles. The first kappa shape index (κ1) is 15.0. The first-order valence-electron chi connectivity index (χ1n) is 6.74. The van der Waals surface area contributed by atoms with Crippen molar-refractivity contribution in [2.75, 3.05) is 0 Å². The van der Waals surface area contributed by atoms with Crippen LogP contribution in [0.5, 0.6) is 0 Å². The second-order valence-corrected chi connectivity index (χ2v) is 8.24.